The highest BCUT2D eigenvalue weighted by Gasteiger charge is 2.22. The maximum absolute atomic E-state index is 12.4. The molecule has 0 aromatic heterocycles. The average molecular weight is 273 g/mol. The molecule has 1 saturated heterocycles. The van der Waals surface area contributed by atoms with Crippen LogP contribution in [0.5, 0.6) is 5.75 Å². The number of piperazine rings is 1. The van der Waals surface area contributed by atoms with Crippen molar-refractivity contribution in [1.82, 2.24) is 9.80 Å². The molecule has 1 aliphatic heterocycles. The summed E-state index contributed by atoms with van der Waals surface area (Å²) >= 11 is 0. The summed E-state index contributed by atoms with van der Waals surface area (Å²) in [6.45, 7) is 3.62. The fourth-order valence-corrected chi connectivity index (χ4v) is 2.29. The second-order valence-electron chi connectivity index (χ2n) is 4.73. The molecule has 1 aromatic carbocycles. The maximum atomic E-state index is 12.4. The van der Waals surface area contributed by atoms with Crippen molar-refractivity contribution in [2.45, 2.75) is 0 Å². The number of rotatable bonds is 3. The molecule has 5 heteroatoms. The van der Waals surface area contributed by atoms with Crippen LogP contribution in [0.3, 0.4) is 0 Å². The Morgan fingerprint density at radius 1 is 1.40 bits per heavy atom. The van der Waals surface area contributed by atoms with Crippen LogP contribution in [0.1, 0.15) is 10.4 Å². The Hall–Kier alpha value is -2.19. The van der Waals surface area contributed by atoms with Gasteiger partial charge < -0.3 is 15.4 Å². The van der Waals surface area contributed by atoms with Crippen molar-refractivity contribution in [2.24, 2.45) is 0 Å². The van der Waals surface area contributed by atoms with Gasteiger partial charge in [-0.1, -0.05) is 5.92 Å². The lowest BCUT2D eigenvalue weighted by atomic mass is 10.1. The van der Waals surface area contributed by atoms with Crippen molar-refractivity contribution >= 4 is 11.6 Å². The molecule has 2 N–H and O–H groups in total. The quantitative estimate of drug-likeness (QED) is 0.649. The van der Waals surface area contributed by atoms with Crippen LogP contribution in [-0.4, -0.2) is 55.5 Å². The molecule has 1 aliphatic rings. The Morgan fingerprint density at radius 3 is 2.65 bits per heavy atom. The number of carbonyl (C=O) groups excluding carboxylic acids is 1. The van der Waals surface area contributed by atoms with Gasteiger partial charge in [-0.05, 0) is 18.2 Å². The number of hydrogen-bond acceptors (Lipinski definition) is 4. The molecule has 0 atom stereocenters. The van der Waals surface area contributed by atoms with Gasteiger partial charge in [0, 0.05) is 31.7 Å². The molecule has 2 rings (SSSR count). The van der Waals surface area contributed by atoms with Gasteiger partial charge in [-0.25, -0.2) is 0 Å². The van der Waals surface area contributed by atoms with E-state index in [9.17, 15) is 4.79 Å². The molecule has 1 heterocycles. The number of carbonyl (C=O) groups is 1. The van der Waals surface area contributed by atoms with Gasteiger partial charge in [0.2, 0.25) is 0 Å². The van der Waals surface area contributed by atoms with Gasteiger partial charge in [0.1, 0.15) is 5.75 Å². The Kier molecular flexibility index (Phi) is 4.49. The number of terminal acetylenes is 1. The highest BCUT2D eigenvalue weighted by Crippen LogP contribution is 2.22. The number of methoxy groups -OCH3 is 1. The molecular weight excluding hydrogens is 254 g/mol. The number of benzene rings is 1. The molecule has 0 radical (unpaired) electrons. The Bertz CT molecular complexity index is 528. The van der Waals surface area contributed by atoms with E-state index in [1.165, 1.54) is 0 Å². The first kappa shape index (κ1) is 14.2. The van der Waals surface area contributed by atoms with Gasteiger partial charge in [0.25, 0.3) is 5.91 Å². The monoisotopic (exact) mass is 273 g/mol. The van der Waals surface area contributed by atoms with Gasteiger partial charge in [-0.15, -0.1) is 6.42 Å². The number of nitrogens with two attached hydrogens (primary N) is 1. The largest absolute Gasteiger partial charge is 0.495 e. The van der Waals surface area contributed by atoms with Crippen LogP contribution in [-0.2, 0) is 0 Å². The van der Waals surface area contributed by atoms with Crippen molar-refractivity contribution < 1.29 is 9.53 Å². The second kappa shape index (κ2) is 6.31. The van der Waals surface area contributed by atoms with Crippen LogP contribution < -0.4 is 10.5 Å². The fourth-order valence-electron chi connectivity index (χ4n) is 2.29. The highest BCUT2D eigenvalue weighted by atomic mass is 16.5. The number of nitrogens with zero attached hydrogens (tertiary/aromatic N) is 2. The zero-order valence-corrected chi connectivity index (χ0v) is 11.6. The van der Waals surface area contributed by atoms with Crippen LogP contribution in [0.4, 0.5) is 5.69 Å². The first-order valence-electron chi connectivity index (χ1n) is 6.54. The minimum absolute atomic E-state index is 0.000268. The van der Waals surface area contributed by atoms with E-state index in [4.69, 9.17) is 16.9 Å². The summed E-state index contributed by atoms with van der Waals surface area (Å²) in [6.07, 6.45) is 5.29. The lowest BCUT2D eigenvalue weighted by molar-refractivity contribution is 0.0652. The third-order valence-corrected chi connectivity index (χ3v) is 3.45. The first-order valence-corrected chi connectivity index (χ1v) is 6.54. The summed E-state index contributed by atoms with van der Waals surface area (Å²) in [5.74, 6) is 3.21. The molecular formula is C15H19N3O2. The zero-order chi connectivity index (χ0) is 14.5. The third-order valence-electron chi connectivity index (χ3n) is 3.45. The predicted octanol–water partition coefficient (Wildman–Crippen LogP) is 0.668. The molecule has 0 unspecified atom stereocenters. The summed E-state index contributed by atoms with van der Waals surface area (Å²) in [6, 6.07) is 5.12. The molecule has 0 aliphatic carbocycles. The van der Waals surface area contributed by atoms with Crippen LogP contribution in [0.15, 0.2) is 18.2 Å². The number of nitrogen functional groups attached to an aromatic ring is 1. The number of hydrogen-bond donors (Lipinski definition) is 1. The lowest BCUT2D eigenvalue weighted by Gasteiger charge is -2.33. The van der Waals surface area contributed by atoms with Gasteiger partial charge in [0.05, 0.1) is 19.3 Å². The minimum atomic E-state index is -0.000268. The van der Waals surface area contributed by atoms with Crippen LogP contribution >= 0.6 is 0 Å². The van der Waals surface area contributed by atoms with Crippen molar-refractivity contribution in [2.75, 3.05) is 45.6 Å². The van der Waals surface area contributed by atoms with Gasteiger partial charge >= 0.3 is 0 Å². The maximum Gasteiger partial charge on any atom is 0.254 e. The molecule has 1 amide bonds. The van der Waals surface area contributed by atoms with Crippen LogP contribution in [0, 0.1) is 12.3 Å². The zero-order valence-electron chi connectivity index (χ0n) is 11.6. The molecule has 0 saturated carbocycles. The third kappa shape index (κ3) is 3.03. The van der Waals surface area contributed by atoms with Gasteiger partial charge in [-0.3, -0.25) is 9.69 Å². The first-order chi connectivity index (χ1) is 9.65. The van der Waals surface area contributed by atoms with E-state index in [1.807, 2.05) is 4.90 Å². The van der Waals surface area contributed by atoms with Gasteiger partial charge in [0.15, 0.2) is 0 Å². The molecule has 20 heavy (non-hydrogen) atoms. The minimum Gasteiger partial charge on any atom is -0.495 e. The average Bonchev–Trinajstić information content (AvgIpc) is 2.47. The van der Waals surface area contributed by atoms with E-state index in [-0.39, 0.29) is 5.91 Å². The van der Waals surface area contributed by atoms with Crippen molar-refractivity contribution in [3.63, 3.8) is 0 Å². The number of amides is 1. The topological polar surface area (TPSA) is 58.8 Å². The molecule has 0 spiro atoms. The Balaban J connectivity index is 2.02. The fraction of sp³-hybridized carbons (Fsp3) is 0.400. The van der Waals surface area contributed by atoms with Crippen molar-refractivity contribution in [3.8, 4) is 18.1 Å². The molecule has 0 bridgehead atoms. The molecule has 5 nitrogen and oxygen atoms in total. The van der Waals surface area contributed by atoms with Gasteiger partial charge in [-0.2, -0.15) is 0 Å². The smallest absolute Gasteiger partial charge is 0.254 e. The Labute approximate surface area is 119 Å². The van der Waals surface area contributed by atoms with Crippen LogP contribution in [0.25, 0.3) is 0 Å². The molecule has 106 valence electrons. The second-order valence-corrected chi connectivity index (χ2v) is 4.73. The lowest BCUT2D eigenvalue weighted by Crippen LogP contribution is -2.48. The normalized spacial score (nSPS) is 15.7. The van der Waals surface area contributed by atoms with E-state index >= 15 is 0 Å². The highest BCUT2D eigenvalue weighted by molar-refractivity contribution is 5.95. The van der Waals surface area contributed by atoms with Crippen molar-refractivity contribution in [1.29, 1.82) is 0 Å². The standard InChI is InChI=1S/C15H19N3O2/c1-3-6-17-7-9-18(10-8-17)15(19)12-4-5-14(20-2)13(16)11-12/h1,4-5,11H,6-10,16H2,2H3. The summed E-state index contributed by atoms with van der Waals surface area (Å²) in [4.78, 5) is 16.4. The van der Waals surface area contributed by atoms with Crippen LogP contribution in [0.2, 0.25) is 0 Å². The predicted molar refractivity (Wildman–Crippen MR) is 78.6 cm³/mol. The SMILES string of the molecule is C#CCN1CCN(C(=O)c2ccc(OC)c(N)c2)CC1. The van der Waals surface area contributed by atoms with E-state index in [0.29, 0.717) is 36.6 Å². The number of anilines is 1. The Morgan fingerprint density at radius 2 is 2.10 bits per heavy atom. The van der Waals surface area contributed by atoms with Crippen molar-refractivity contribution in [3.05, 3.63) is 23.8 Å². The summed E-state index contributed by atoms with van der Waals surface area (Å²) in [5.41, 5.74) is 6.90. The molecule has 1 aromatic rings. The number of ether oxygens (including phenoxy) is 1. The molecule has 1 fully saturated rings. The van der Waals surface area contributed by atoms with E-state index in [1.54, 1.807) is 25.3 Å². The van der Waals surface area contributed by atoms with E-state index < -0.39 is 0 Å². The summed E-state index contributed by atoms with van der Waals surface area (Å²) in [5, 5.41) is 0. The summed E-state index contributed by atoms with van der Waals surface area (Å²) in [7, 11) is 1.55. The van der Waals surface area contributed by atoms with E-state index in [2.05, 4.69) is 10.8 Å². The van der Waals surface area contributed by atoms with E-state index in [0.717, 1.165) is 13.1 Å². The summed E-state index contributed by atoms with van der Waals surface area (Å²) < 4.78 is 5.09.